The molecule has 0 bridgehead atoms. The second-order valence-corrected chi connectivity index (χ2v) is 7.56. The Morgan fingerprint density at radius 3 is 2.79 bits per heavy atom. The molecule has 1 fully saturated rings. The van der Waals surface area contributed by atoms with E-state index in [1.807, 2.05) is 54.3 Å². The third kappa shape index (κ3) is 3.33. The maximum absolute atomic E-state index is 14.9. The van der Waals surface area contributed by atoms with Crippen LogP contribution in [0.3, 0.4) is 0 Å². The number of carbonyl (C=O) groups is 2. The van der Waals surface area contributed by atoms with E-state index < -0.39 is 6.17 Å². The molecule has 0 spiro atoms. The van der Waals surface area contributed by atoms with Gasteiger partial charge in [0.15, 0.2) is 0 Å². The van der Waals surface area contributed by atoms with E-state index in [-0.39, 0.29) is 17.9 Å². The molecule has 144 valence electrons. The molecule has 2 aromatic rings. The van der Waals surface area contributed by atoms with Crippen molar-refractivity contribution in [3.63, 3.8) is 0 Å². The number of nitrogens with one attached hydrogen (secondary N) is 1. The molecule has 2 atom stereocenters. The molecule has 5 heteroatoms. The summed E-state index contributed by atoms with van der Waals surface area (Å²) in [6.45, 7) is 6.62. The first-order valence-corrected chi connectivity index (χ1v) is 9.55. The summed E-state index contributed by atoms with van der Waals surface area (Å²) >= 11 is 0. The van der Waals surface area contributed by atoms with Crippen molar-refractivity contribution in [2.24, 2.45) is 0 Å². The van der Waals surface area contributed by atoms with Gasteiger partial charge in [0.1, 0.15) is 12.2 Å². The van der Waals surface area contributed by atoms with Crippen LogP contribution in [0.1, 0.15) is 46.8 Å². The normalized spacial score (nSPS) is 20.1. The fraction of sp³-hybridized carbons (Fsp3) is 0.304. The van der Waals surface area contributed by atoms with Crippen LogP contribution < -0.4 is 5.32 Å². The van der Waals surface area contributed by atoms with E-state index >= 15 is 0 Å². The molecule has 2 aliphatic rings. The quantitative estimate of drug-likeness (QED) is 0.823. The summed E-state index contributed by atoms with van der Waals surface area (Å²) in [6.07, 6.45) is 0.0740. The number of fused-ring (bicyclic) bond motifs is 1. The van der Waals surface area contributed by atoms with Gasteiger partial charge in [-0.05, 0) is 35.6 Å². The van der Waals surface area contributed by atoms with Crippen LogP contribution >= 0.6 is 0 Å². The van der Waals surface area contributed by atoms with Gasteiger partial charge in [-0.25, -0.2) is 4.39 Å². The maximum Gasteiger partial charge on any atom is 0.249 e. The highest BCUT2D eigenvalue weighted by molar-refractivity contribution is 6.01. The Hall–Kier alpha value is -2.95. The van der Waals surface area contributed by atoms with Gasteiger partial charge in [-0.3, -0.25) is 14.9 Å². The monoisotopic (exact) mass is 378 g/mol. The van der Waals surface area contributed by atoms with Crippen molar-refractivity contribution in [2.45, 2.75) is 44.9 Å². The topological polar surface area (TPSA) is 49.4 Å². The van der Waals surface area contributed by atoms with Gasteiger partial charge >= 0.3 is 0 Å². The summed E-state index contributed by atoms with van der Waals surface area (Å²) in [6, 6.07) is 13.0. The Morgan fingerprint density at radius 2 is 2.04 bits per heavy atom. The van der Waals surface area contributed by atoms with Crippen LogP contribution in [0.15, 0.2) is 49.0 Å². The molecule has 2 heterocycles. The largest absolute Gasteiger partial charge is 0.355 e. The molecule has 4 nitrogen and oxygen atoms in total. The van der Waals surface area contributed by atoms with Crippen LogP contribution in [0.4, 0.5) is 4.39 Å². The number of amides is 2. The fourth-order valence-corrected chi connectivity index (χ4v) is 4.15. The van der Waals surface area contributed by atoms with Crippen molar-refractivity contribution < 1.29 is 14.0 Å². The second kappa shape index (κ2) is 7.23. The summed E-state index contributed by atoms with van der Waals surface area (Å²) in [4.78, 5) is 25.6. The smallest absolute Gasteiger partial charge is 0.249 e. The number of nitrogens with zero attached hydrogens (tertiary/aromatic N) is 1. The number of piperidine rings is 1. The number of benzene rings is 2. The zero-order valence-corrected chi connectivity index (χ0v) is 15.9. The van der Waals surface area contributed by atoms with Gasteiger partial charge < -0.3 is 4.90 Å². The lowest BCUT2D eigenvalue weighted by atomic mass is 9.96. The van der Waals surface area contributed by atoms with Gasteiger partial charge in [0, 0.05) is 30.6 Å². The van der Waals surface area contributed by atoms with Crippen LogP contribution in [0, 0.1) is 6.92 Å². The van der Waals surface area contributed by atoms with Crippen molar-refractivity contribution in [3.8, 4) is 0 Å². The van der Waals surface area contributed by atoms with E-state index in [0.717, 1.165) is 33.5 Å². The summed E-state index contributed by atoms with van der Waals surface area (Å²) in [7, 11) is 0. The highest BCUT2D eigenvalue weighted by Crippen LogP contribution is 2.36. The zero-order chi connectivity index (χ0) is 19.8. The van der Waals surface area contributed by atoms with Gasteiger partial charge in [-0.15, -0.1) is 0 Å². The van der Waals surface area contributed by atoms with Crippen molar-refractivity contribution >= 4 is 17.5 Å². The van der Waals surface area contributed by atoms with Gasteiger partial charge in [0.25, 0.3) is 0 Å². The van der Waals surface area contributed by atoms with Crippen LogP contribution in [0.25, 0.3) is 5.70 Å². The van der Waals surface area contributed by atoms with Gasteiger partial charge in [0.05, 0.1) is 0 Å². The van der Waals surface area contributed by atoms with E-state index in [1.165, 1.54) is 0 Å². The van der Waals surface area contributed by atoms with Gasteiger partial charge in [0.2, 0.25) is 11.8 Å². The minimum absolute atomic E-state index is 0.226. The second-order valence-electron chi connectivity index (χ2n) is 7.56. The van der Waals surface area contributed by atoms with Gasteiger partial charge in [-0.1, -0.05) is 49.0 Å². The molecule has 1 saturated heterocycles. The SMILES string of the molecule is C=C1c2ccc(CC(F)c3ccccc3C)cc2CN1C1CCC(=O)NC1=O. The predicted molar refractivity (Wildman–Crippen MR) is 106 cm³/mol. The molecule has 2 aliphatic heterocycles. The number of aryl methyl sites for hydroxylation is 1. The Bertz CT molecular complexity index is 969. The average Bonchev–Trinajstić information content (AvgIpc) is 2.98. The fourth-order valence-electron chi connectivity index (χ4n) is 4.15. The van der Waals surface area contributed by atoms with Crippen LogP contribution in [-0.4, -0.2) is 22.8 Å². The maximum atomic E-state index is 14.9. The Balaban J connectivity index is 1.52. The van der Waals surface area contributed by atoms with Gasteiger partial charge in [-0.2, -0.15) is 0 Å². The number of halogens is 1. The molecule has 2 unspecified atom stereocenters. The van der Waals surface area contributed by atoms with Crippen molar-refractivity contribution in [3.05, 3.63) is 76.9 Å². The number of alkyl halides is 1. The molecule has 0 aliphatic carbocycles. The number of carbonyl (C=O) groups excluding carboxylic acids is 2. The number of rotatable bonds is 4. The molecule has 1 N–H and O–H groups in total. The van der Waals surface area contributed by atoms with Crippen molar-refractivity contribution in [1.82, 2.24) is 10.2 Å². The molecule has 4 rings (SSSR count). The Morgan fingerprint density at radius 1 is 1.25 bits per heavy atom. The minimum Gasteiger partial charge on any atom is -0.355 e. The van der Waals surface area contributed by atoms with E-state index in [0.29, 0.717) is 25.8 Å². The van der Waals surface area contributed by atoms with Crippen molar-refractivity contribution in [1.29, 1.82) is 0 Å². The lowest BCUT2D eigenvalue weighted by molar-refractivity contribution is -0.136. The molecule has 0 radical (unpaired) electrons. The Kier molecular flexibility index (Phi) is 4.75. The highest BCUT2D eigenvalue weighted by Gasteiger charge is 2.36. The minimum atomic E-state index is -1.06. The van der Waals surface area contributed by atoms with E-state index in [1.54, 1.807) is 0 Å². The third-order valence-corrected chi connectivity index (χ3v) is 5.70. The number of hydrogen-bond donors (Lipinski definition) is 1. The standard InChI is InChI=1S/C23H23FN2O2/c1-14-5-3-4-6-18(14)20(24)12-16-7-8-19-15(2)26(13-17(19)11-16)21-9-10-22(27)25-23(21)28/h3-8,11,20-21H,2,9-10,12-13H2,1H3,(H,25,27,28). The highest BCUT2D eigenvalue weighted by atomic mass is 19.1. The predicted octanol–water partition coefficient (Wildman–Crippen LogP) is 3.84. The Labute approximate surface area is 164 Å². The van der Waals surface area contributed by atoms with E-state index in [2.05, 4.69) is 11.9 Å². The van der Waals surface area contributed by atoms with E-state index in [9.17, 15) is 14.0 Å². The molecule has 2 amide bonds. The first-order chi connectivity index (χ1) is 13.4. The van der Waals surface area contributed by atoms with Crippen molar-refractivity contribution in [2.75, 3.05) is 0 Å². The lowest BCUT2D eigenvalue weighted by Gasteiger charge is -2.31. The summed E-state index contributed by atoms with van der Waals surface area (Å²) in [5, 5.41) is 2.40. The first-order valence-electron chi connectivity index (χ1n) is 9.55. The zero-order valence-electron chi connectivity index (χ0n) is 15.9. The summed E-state index contributed by atoms with van der Waals surface area (Å²) < 4.78 is 14.9. The molecule has 0 aromatic heterocycles. The van der Waals surface area contributed by atoms with E-state index in [4.69, 9.17) is 0 Å². The van der Waals surface area contributed by atoms with Crippen LogP contribution in [0.2, 0.25) is 0 Å². The third-order valence-electron chi connectivity index (χ3n) is 5.70. The molecular formula is C23H23FN2O2. The molecule has 2 aromatic carbocycles. The van der Waals surface area contributed by atoms with Crippen LogP contribution in [-0.2, 0) is 22.6 Å². The molecule has 28 heavy (non-hydrogen) atoms. The number of imide groups is 1. The molecule has 0 saturated carbocycles. The first kappa shape index (κ1) is 18.4. The summed E-state index contributed by atoms with van der Waals surface area (Å²) in [5.74, 6) is -0.496. The molecular weight excluding hydrogens is 355 g/mol. The summed E-state index contributed by atoms with van der Waals surface area (Å²) in [5.41, 5.74) is 5.41. The average molecular weight is 378 g/mol. The lowest BCUT2D eigenvalue weighted by Crippen LogP contribution is -2.50. The van der Waals surface area contributed by atoms with Crippen LogP contribution in [0.5, 0.6) is 0 Å². The number of hydrogen-bond acceptors (Lipinski definition) is 3.